The smallest absolute Gasteiger partial charge is 0.326 e. The number of carbonyl (C=O) groups excluding carboxylic acids is 2. The number of aryl methyl sites for hydroxylation is 2. The summed E-state index contributed by atoms with van der Waals surface area (Å²) in [5.41, 5.74) is 1.90. The number of ether oxygens (including phenoxy) is 2. The van der Waals surface area contributed by atoms with Gasteiger partial charge in [0.2, 0.25) is 0 Å². The molecule has 1 amide bonds. The van der Waals surface area contributed by atoms with Gasteiger partial charge in [-0.3, -0.25) is 14.3 Å². The predicted molar refractivity (Wildman–Crippen MR) is 105 cm³/mol. The molecule has 0 bridgehead atoms. The van der Waals surface area contributed by atoms with Crippen LogP contribution >= 0.6 is 11.3 Å². The van der Waals surface area contributed by atoms with Gasteiger partial charge < -0.3 is 14.0 Å². The average Bonchev–Trinajstić information content (AvgIpc) is 3.15. The molecule has 2 aromatic heterocycles. The first-order chi connectivity index (χ1) is 13.4. The van der Waals surface area contributed by atoms with Gasteiger partial charge in [-0.05, 0) is 45.0 Å². The highest BCUT2D eigenvalue weighted by Gasteiger charge is 2.15. The Morgan fingerprint density at radius 3 is 2.64 bits per heavy atom. The molecule has 0 aliphatic heterocycles. The lowest BCUT2D eigenvalue weighted by molar-refractivity contribution is -0.143. The van der Waals surface area contributed by atoms with Crippen LogP contribution in [0.4, 0.5) is 0 Å². The fraction of sp³-hybridized carbons (Fsp3) is 0.368. The van der Waals surface area contributed by atoms with Gasteiger partial charge in [-0.2, -0.15) is 10.1 Å². The molecule has 9 heteroatoms. The number of thiazole rings is 1. The van der Waals surface area contributed by atoms with Crippen LogP contribution in [0, 0.1) is 6.92 Å². The van der Waals surface area contributed by atoms with Crippen LogP contribution in [0.3, 0.4) is 0 Å². The molecule has 0 unspecified atom stereocenters. The van der Waals surface area contributed by atoms with E-state index in [9.17, 15) is 9.59 Å². The summed E-state index contributed by atoms with van der Waals surface area (Å²) in [4.78, 5) is 29.3. The minimum atomic E-state index is -0.460. The van der Waals surface area contributed by atoms with E-state index in [2.05, 4.69) is 10.1 Å². The van der Waals surface area contributed by atoms with E-state index in [1.54, 1.807) is 29.3 Å². The lowest BCUT2D eigenvalue weighted by Gasteiger charge is -2.06. The largest absolute Gasteiger partial charge is 0.494 e. The molecule has 28 heavy (non-hydrogen) atoms. The second-order valence-electron chi connectivity index (χ2n) is 6.05. The number of aromatic nitrogens is 3. The predicted octanol–water partition coefficient (Wildman–Crippen LogP) is 2.45. The third-order valence-electron chi connectivity index (χ3n) is 4.09. The Kier molecular flexibility index (Phi) is 5.93. The first kappa shape index (κ1) is 19.8. The number of fused-ring (bicyclic) bond motifs is 1. The van der Waals surface area contributed by atoms with Gasteiger partial charge >= 0.3 is 5.97 Å². The molecule has 0 atom stereocenters. The molecule has 0 spiro atoms. The fourth-order valence-electron chi connectivity index (χ4n) is 2.69. The van der Waals surface area contributed by atoms with Crippen molar-refractivity contribution in [2.75, 3.05) is 13.2 Å². The zero-order valence-electron chi connectivity index (χ0n) is 16.3. The molecule has 0 aliphatic rings. The maximum atomic E-state index is 12.6. The highest BCUT2D eigenvalue weighted by Crippen LogP contribution is 2.23. The Hall–Kier alpha value is -2.94. The third-order valence-corrected chi connectivity index (χ3v) is 5.13. The molecule has 0 aliphatic carbocycles. The summed E-state index contributed by atoms with van der Waals surface area (Å²) in [5, 5.41) is 4.18. The van der Waals surface area contributed by atoms with Crippen molar-refractivity contribution < 1.29 is 19.1 Å². The highest BCUT2D eigenvalue weighted by molar-refractivity contribution is 7.16. The molecule has 8 nitrogen and oxygen atoms in total. The van der Waals surface area contributed by atoms with Crippen LogP contribution in [0.25, 0.3) is 10.2 Å². The van der Waals surface area contributed by atoms with Gasteiger partial charge in [-0.25, -0.2) is 0 Å². The molecule has 1 aromatic carbocycles. The van der Waals surface area contributed by atoms with E-state index >= 15 is 0 Å². The van der Waals surface area contributed by atoms with Crippen molar-refractivity contribution in [3.05, 3.63) is 40.5 Å². The molecule has 0 saturated carbocycles. The van der Waals surface area contributed by atoms with Crippen molar-refractivity contribution in [2.24, 2.45) is 12.0 Å². The Morgan fingerprint density at radius 2 is 2.00 bits per heavy atom. The Balaban J connectivity index is 2.09. The standard InChI is InChI=1S/C19H22N4O4S/c1-5-26-13-7-8-15-16(10-13)28-19(23(15)11-17(24)27-6-2)20-18(25)14-9-12(3)22(4)21-14/h7-10H,5-6,11H2,1-4H3. The van der Waals surface area contributed by atoms with Gasteiger partial charge in [0.05, 0.1) is 23.4 Å². The van der Waals surface area contributed by atoms with Crippen molar-refractivity contribution in [1.29, 1.82) is 0 Å². The van der Waals surface area contributed by atoms with Gasteiger partial charge in [-0.1, -0.05) is 11.3 Å². The van der Waals surface area contributed by atoms with Gasteiger partial charge in [0.15, 0.2) is 10.5 Å². The highest BCUT2D eigenvalue weighted by atomic mass is 32.1. The molecule has 3 rings (SSSR count). The summed E-state index contributed by atoms with van der Waals surface area (Å²) in [6.45, 7) is 6.33. The number of hydrogen-bond acceptors (Lipinski definition) is 6. The van der Waals surface area contributed by atoms with Crippen molar-refractivity contribution in [1.82, 2.24) is 14.3 Å². The molecule has 3 aromatic rings. The minimum absolute atomic E-state index is 0.0326. The third kappa shape index (κ3) is 4.14. The lowest BCUT2D eigenvalue weighted by Crippen LogP contribution is -2.23. The van der Waals surface area contributed by atoms with Crippen molar-refractivity contribution in [2.45, 2.75) is 27.3 Å². The molecule has 0 N–H and O–H groups in total. The topological polar surface area (TPSA) is 87.7 Å². The van der Waals surface area contributed by atoms with Gasteiger partial charge in [-0.15, -0.1) is 0 Å². The summed E-state index contributed by atoms with van der Waals surface area (Å²) >= 11 is 1.31. The van der Waals surface area contributed by atoms with E-state index < -0.39 is 11.9 Å². The van der Waals surface area contributed by atoms with E-state index in [1.165, 1.54) is 11.3 Å². The summed E-state index contributed by atoms with van der Waals surface area (Å²) in [7, 11) is 1.77. The van der Waals surface area contributed by atoms with Crippen LogP contribution in [0.5, 0.6) is 5.75 Å². The zero-order valence-corrected chi connectivity index (χ0v) is 17.1. The molecular formula is C19H22N4O4S. The Labute approximate surface area is 166 Å². The van der Waals surface area contributed by atoms with Crippen molar-refractivity contribution in [3.63, 3.8) is 0 Å². The maximum Gasteiger partial charge on any atom is 0.326 e. The SMILES string of the molecule is CCOC(=O)Cn1c(=NC(=O)c2cc(C)n(C)n2)sc2cc(OCC)ccc21. The fourth-order valence-corrected chi connectivity index (χ4v) is 3.75. The minimum Gasteiger partial charge on any atom is -0.494 e. The van der Waals surface area contributed by atoms with Crippen LogP contribution < -0.4 is 9.54 Å². The zero-order chi connectivity index (χ0) is 20.3. The number of benzene rings is 1. The second kappa shape index (κ2) is 8.39. The average molecular weight is 402 g/mol. The first-order valence-electron chi connectivity index (χ1n) is 8.94. The number of nitrogens with zero attached hydrogens (tertiary/aromatic N) is 4. The summed E-state index contributed by atoms with van der Waals surface area (Å²) in [6, 6.07) is 7.24. The summed E-state index contributed by atoms with van der Waals surface area (Å²) in [6.07, 6.45) is 0. The molecule has 0 radical (unpaired) electrons. The number of hydrogen-bond donors (Lipinski definition) is 0. The van der Waals surface area contributed by atoms with Crippen LogP contribution in [0.15, 0.2) is 29.3 Å². The van der Waals surface area contributed by atoms with Crippen molar-refractivity contribution >= 4 is 33.4 Å². The summed E-state index contributed by atoms with van der Waals surface area (Å²) in [5.74, 6) is -0.130. The quantitative estimate of drug-likeness (QED) is 0.591. The lowest BCUT2D eigenvalue weighted by atomic mass is 10.3. The maximum absolute atomic E-state index is 12.6. The van der Waals surface area contributed by atoms with Crippen LogP contribution in [-0.4, -0.2) is 39.4 Å². The normalized spacial score (nSPS) is 11.8. The number of rotatable bonds is 6. The molecule has 0 saturated heterocycles. The van der Waals surface area contributed by atoms with Crippen LogP contribution in [-0.2, 0) is 23.1 Å². The molecule has 0 fully saturated rings. The number of carbonyl (C=O) groups is 2. The number of amides is 1. The number of esters is 1. The second-order valence-corrected chi connectivity index (χ2v) is 7.06. The van der Waals surface area contributed by atoms with E-state index in [4.69, 9.17) is 9.47 Å². The van der Waals surface area contributed by atoms with Crippen LogP contribution in [0.1, 0.15) is 30.0 Å². The van der Waals surface area contributed by atoms with Crippen LogP contribution in [0.2, 0.25) is 0 Å². The van der Waals surface area contributed by atoms with Crippen molar-refractivity contribution in [3.8, 4) is 5.75 Å². The molecular weight excluding hydrogens is 380 g/mol. The van der Waals surface area contributed by atoms with E-state index in [0.29, 0.717) is 11.4 Å². The molecule has 2 heterocycles. The van der Waals surface area contributed by atoms with Gasteiger partial charge in [0, 0.05) is 12.7 Å². The van der Waals surface area contributed by atoms with E-state index in [-0.39, 0.29) is 18.8 Å². The molecule has 148 valence electrons. The Bertz CT molecular complexity index is 1070. The first-order valence-corrected chi connectivity index (χ1v) is 9.76. The van der Waals surface area contributed by atoms with E-state index in [1.807, 2.05) is 32.0 Å². The van der Waals surface area contributed by atoms with Gasteiger partial charge in [0.1, 0.15) is 12.3 Å². The monoisotopic (exact) mass is 402 g/mol. The Morgan fingerprint density at radius 1 is 1.21 bits per heavy atom. The van der Waals surface area contributed by atoms with Gasteiger partial charge in [0.25, 0.3) is 5.91 Å². The van der Waals surface area contributed by atoms with E-state index in [0.717, 1.165) is 21.7 Å². The summed E-state index contributed by atoms with van der Waals surface area (Å²) < 4.78 is 14.8.